The van der Waals surface area contributed by atoms with E-state index in [0.717, 1.165) is 44.1 Å². The van der Waals surface area contributed by atoms with Gasteiger partial charge in [0.05, 0.1) is 29.2 Å². The SMILES string of the molecule is Cc1cc(C)c2c(n1)sc1c(NCc3ncc(F)cn3)ncnc12. The van der Waals surface area contributed by atoms with Crippen molar-refractivity contribution in [3.63, 3.8) is 0 Å². The summed E-state index contributed by atoms with van der Waals surface area (Å²) in [6.07, 6.45) is 3.83. The quantitative estimate of drug-likeness (QED) is 0.616. The van der Waals surface area contributed by atoms with Gasteiger partial charge < -0.3 is 5.32 Å². The summed E-state index contributed by atoms with van der Waals surface area (Å²) in [6, 6.07) is 2.05. The maximum atomic E-state index is 12.9. The Balaban J connectivity index is 1.75. The first kappa shape index (κ1) is 14.8. The first-order valence-corrected chi connectivity index (χ1v) is 8.15. The molecule has 0 saturated heterocycles. The predicted molar refractivity (Wildman–Crippen MR) is 91.5 cm³/mol. The Morgan fingerprint density at radius 3 is 2.71 bits per heavy atom. The van der Waals surface area contributed by atoms with E-state index in [4.69, 9.17) is 0 Å². The maximum absolute atomic E-state index is 12.9. The van der Waals surface area contributed by atoms with Crippen molar-refractivity contribution in [2.75, 3.05) is 5.32 Å². The Labute approximate surface area is 140 Å². The average Bonchev–Trinajstić information content (AvgIpc) is 2.93. The normalized spacial score (nSPS) is 11.3. The van der Waals surface area contributed by atoms with Gasteiger partial charge in [0.1, 0.15) is 22.8 Å². The van der Waals surface area contributed by atoms with Gasteiger partial charge in [0.25, 0.3) is 0 Å². The standard InChI is InChI=1S/C16H13FN6S/c1-8-3-9(2)23-16-12(8)13-14(24-16)15(22-7-21-13)20-6-11-18-4-10(17)5-19-11/h3-5,7H,6H2,1-2H3,(H,20,21,22). The molecule has 1 N–H and O–H groups in total. The molecule has 4 aromatic rings. The van der Waals surface area contributed by atoms with E-state index in [-0.39, 0.29) is 0 Å². The molecular formula is C16H13FN6S. The summed E-state index contributed by atoms with van der Waals surface area (Å²) >= 11 is 1.55. The molecule has 0 aliphatic rings. The van der Waals surface area contributed by atoms with Crippen LogP contribution in [0, 0.1) is 19.7 Å². The number of thiophene rings is 1. The van der Waals surface area contributed by atoms with Crippen LogP contribution in [-0.4, -0.2) is 24.9 Å². The fourth-order valence-corrected chi connectivity index (χ4v) is 3.84. The maximum Gasteiger partial charge on any atom is 0.159 e. The number of nitrogens with zero attached hydrogens (tertiary/aromatic N) is 5. The second-order valence-electron chi connectivity index (χ2n) is 5.43. The van der Waals surface area contributed by atoms with E-state index in [2.05, 4.69) is 43.2 Å². The predicted octanol–water partition coefficient (Wildman–Crippen LogP) is 3.40. The van der Waals surface area contributed by atoms with Crippen molar-refractivity contribution in [3.05, 3.63) is 47.7 Å². The van der Waals surface area contributed by atoms with Gasteiger partial charge in [-0.15, -0.1) is 11.3 Å². The molecule has 0 saturated carbocycles. The zero-order valence-corrected chi connectivity index (χ0v) is 13.9. The van der Waals surface area contributed by atoms with E-state index in [1.165, 1.54) is 6.33 Å². The van der Waals surface area contributed by atoms with Crippen molar-refractivity contribution in [3.8, 4) is 0 Å². The summed E-state index contributed by atoms with van der Waals surface area (Å²) in [6.45, 7) is 4.39. The molecule has 0 aromatic carbocycles. The largest absolute Gasteiger partial charge is 0.361 e. The zero-order valence-electron chi connectivity index (χ0n) is 13.0. The highest BCUT2D eigenvalue weighted by Gasteiger charge is 2.14. The van der Waals surface area contributed by atoms with Gasteiger partial charge in [0.2, 0.25) is 0 Å². The topological polar surface area (TPSA) is 76.5 Å². The summed E-state index contributed by atoms with van der Waals surface area (Å²) in [5, 5.41) is 4.26. The van der Waals surface area contributed by atoms with Crippen molar-refractivity contribution >= 4 is 37.6 Å². The molecule has 4 heterocycles. The van der Waals surface area contributed by atoms with Gasteiger partial charge in [-0.3, -0.25) is 0 Å². The van der Waals surface area contributed by atoms with Gasteiger partial charge in [0, 0.05) is 11.1 Å². The molecular weight excluding hydrogens is 327 g/mol. The fourth-order valence-electron chi connectivity index (χ4n) is 2.63. The number of aryl methyl sites for hydroxylation is 2. The van der Waals surface area contributed by atoms with Crippen LogP contribution in [-0.2, 0) is 6.54 Å². The molecule has 0 unspecified atom stereocenters. The first-order chi connectivity index (χ1) is 11.6. The number of nitrogens with one attached hydrogen (secondary N) is 1. The second-order valence-corrected chi connectivity index (χ2v) is 6.43. The number of halogens is 1. The molecule has 0 aliphatic heterocycles. The third-order valence-electron chi connectivity index (χ3n) is 3.64. The van der Waals surface area contributed by atoms with E-state index in [1.807, 2.05) is 6.92 Å². The van der Waals surface area contributed by atoms with E-state index in [9.17, 15) is 4.39 Å². The Kier molecular flexibility index (Phi) is 3.53. The van der Waals surface area contributed by atoms with Crippen molar-refractivity contribution in [2.45, 2.75) is 20.4 Å². The third kappa shape index (κ3) is 2.54. The van der Waals surface area contributed by atoms with Crippen LogP contribution in [0.3, 0.4) is 0 Å². The molecule has 0 aliphatic carbocycles. The summed E-state index contributed by atoms with van der Waals surface area (Å²) in [5.74, 6) is 0.743. The second kappa shape index (κ2) is 5.72. The molecule has 0 fully saturated rings. The lowest BCUT2D eigenvalue weighted by atomic mass is 10.1. The minimum atomic E-state index is -0.454. The molecule has 24 heavy (non-hydrogen) atoms. The van der Waals surface area contributed by atoms with Crippen molar-refractivity contribution in [1.82, 2.24) is 24.9 Å². The molecule has 120 valence electrons. The van der Waals surface area contributed by atoms with Crippen LogP contribution < -0.4 is 5.32 Å². The van der Waals surface area contributed by atoms with E-state index in [0.29, 0.717) is 18.2 Å². The third-order valence-corrected chi connectivity index (χ3v) is 4.72. The lowest BCUT2D eigenvalue weighted by Gasteiger charge is -2.05. The van der Waals surface area contributed by atoms with Crippen LogP contribution in [0.1, 0.15) is 17.1 Å². The number of aromatic nitrogens is 5. The van der Waals surface area contributed by atoms with Crippen LogP contribution in [0.2, 0.25) is 0 Å². The number of hydrogen-bond donors (Lipinski definition) is 1. The molecule has 0 spiro atoms. The van der Waals surface area contributed by atoms with Gasteiger partial charge in [-0.05, 0) is 25.5 Å². The highest BCUT2D eigenvalue weighted by Crippen LogP contribution is 2.36. The highest BCUT2D eigenvalue weighted by atomic mass is 32.1. The zero-order chi connectivity index (χ0) is 16.7. The molecule has 0 atom stereocenters. The molecule has 0 amide bonds. The van der Waals surface area contributed by atoms with Gasteiger partial charge in [-0.1, -0.05) is 0 Å². The van der Waals surface area contributed by atoms with Crippen LogP contribution in [0.25, 0.3) is 20.4 Å². The first-order valence-electron chi connectivity index (χ1n) is 7.33. The Morgan fingerprint density at radius 2 is 1.92 bits per heavy atom. The molecule has 6 nitrogen and oxygen atoms in total. The van der Waals surface area contributed by atoms with E-state index >= 15 is 0 Å². The molecule has 0 bridgehead atoms. The van der Waals surface area contributed by atoms with Crippen molar-refractivity contribution in [1.29, 1.82) is 0 Å². The molecule has 8 heteroatoms. The molecule has 0 radical (unpaired) electrons. The average molecular weight is 340 g/mol. The van der Waals surface area contributed by atoms with E-state index < -0.39 is 5.82 Å². The Bertz CT molecular complexity index is 1040. The van der Waals surface area contributed by atoms with Crippen LogP contribution in [0.5, 0.6) is 0 Å². The lowest BCUT2D eigenvalue weighted by molar-refractivity contribution is 0.609. The van der Waals surface area contributed by atoms with Gasteiger partial charge >= 0.3 is 0 Å². The van der Waals surface area contributed by atoms with Gasteiger partial charge in [-0.25, -0.2) is 29.3 Å². The summed E-state index contributed by atoms with van der Waals surface area (Å²) in [4.78, 5) is 22.2. The number of hydrogen-bond acceptors (Lipinski definition) is 7. The minimum absolute atomic E-state index is 0.353. The number of anilines is 1. The summed E-state index contributed by atoms with van der Waals surface area (Å²) < 4.78 is 13.8. The molecule has 4 rings (SSSR count). The van der Waals surface area contributed by atoms with Crippen molar-refractivity contribution < 1.29 is 4.39 Å². The van der Waals surface area contributed by atoms with Crippen molar-refractivity contribution in [2.24, 2.45) is 0 Å². The van der Waals surface area contributed by atoms with E-state index in [1.54, 1.807) is 11.3 Å². The van der Waals surface area contributed by atoms with Crippen LogP contribution in [0.15, 0.2) is 24.8 Å². The summed E-state index contributed by atoms with van der Waals surface area (Å²) in [5.41, 5.74) is 3.02. The lowest BCUT2D eigenvalue weighted by Crippen LogP contribution is -2.05. The number of fused-ring (bicyclic) bond motifs is 3. The Morgan fingerprint density at radius 1 is 1.12 bits per heavy atom. The fraction of sp³-hybridized carbons (Fsp3) is 0.188. The monoisotopic (exact) mass is 340 g/mol. The number of pyridine rings is 1. The summed E-state index contributed by atoms with van der Waals surface area (Å²) in [7, 11) is 0. The minimum Gasteiger partial charge on any atom is -0.361 e. The van der Waals surface area contributed by atoms with Crippen LogP contribution in [0.4, 0.5) is 10.2 Å². The highest BCUT2D eigenvalue weighted by molar-refractivity contribution is 7.26. The van der Waals surface area contributed by atoms with Gasteiger partial charge in [-0.2, -0.15) is 0 Å². The number of rotatable bonds is 3. The Hall–Kier alpha value is -2.74. The smallest absolute Gasteiger partial charge is 0.159 e. The van der Waals surface area contributed by atoms with Crippen LogP contribution >= 0.6 is 11.3 Å². The van der Waals surface area contributed by atoms with Gasteiger partial charge in [0.15, 0.2) is 5.82 Å². The molecule has 4 aromatic heterocycles.